The summed E-state index contributed by atoms with van der Waals surface area (Å²) >= 11 is 14.3. The van der Waals surface area contributed by atoms with Crippen LogP contribution in [0.1, 0.15) is 11.6 Å². The van der Waals surface area contributed by atoms with Crippen LogP contribution in [0.2, 0.25) is 10.0 Å². The van der Waals surface area contributed by atoms with E-state index in [0.29, 0.717) is 30.4 Å². The fraction of sp³-hybridized carbons (Fsp3) is 0.0500. The van der Waals surface area contributed by atoms with Crippen molar-refractivity contribution in [1.29, 1.82) is 0 Å². The average molecular weight is 479 g/mol. The molecule has 1 aromatic heterocycles. The van der Waals surface area contributed by atoms with Crippen LogP contribution < -0.4 is 4.90 Å². The summed E-state index contributed by atoms with van der Waals surface area (Å²) in [5.74, 6) is -1.07. The van der Waals surface area contributed by atoms with Crippen LogP contribution in [0.3, 0.4) is 0 Å². The largest absolute Gasteiger partial charge is 0.502 e. The molecule has 0 saturated carbocycles. The molecule has 0 spiro atoms. The lowest BCUT2D eigenvalue weighted by molar-refractivity contribution is -0.387. The molecule has 0 aliphatic carbocycles. The summed E-state index contributed by atoms with van der Waals surface area (Å²) < 4.78 is 0.376. The third kappa shape index (κ3) is 3.79. The Kier molecular flexibility index (Phi) is 5.75. The first-order valence-corrected chi connectivity index (χ1v) is 11.0. The lowest BCUT2D eigenvalue weighted by Crippen LogP contribution is -2.30. The van der Waals surface area contributed by atoms with Gasteiger partial charge in [-0.1, -0.05) is 53.2 Å². The highest BCUT2D eigenvalue weighted by Crippen LogP contribution is 2.50. The van der Waals surface area contributed by atoms with E-state index in [1.54, 1.807) is 53.9 Å². The zero-order valence-corrected chi connectivity index (χ0v) is 18.1. The van der Waals surface area contributed by atoms with Crippen LogP contribution in [0.4, 0.5) is 11.4 Å². The maximum absolute atomic E-state index is 13.0. The van der Waals surface area contributed by atoms with Crippen molar-refractivity contribution in [2.24, 2.45) is 0 Å². The molecule has 1 aliphatic heterocycles. The van der Waals surface area contributed by atoms with Gasteiger partial charge in [0.2, 0.25) is 0 Å². The molecule has 1 aliphatic rings. The molecule has 1 N–H and O–H groups in total. The van der Waals surface area contributed by atoms with E-state index in [9.17, 15) is 20.0 Å². The summed E-state index contributed by atoms with van der Waals surface area (Å²) in [5, 5.41) is 24.6. The third-order valence-corrected chi connectivity index (χ3v) is 7.20. The number of hydrogen-bond donors (Lipinski definition) is 1. The highest BCUT2D eigenvalue weighted by molar-refractivity contribution is 8.05. The van der Waals surface area contributed by atoms with Crippen molar-refractivity contribution in [3.63, 3.8) is 0 Å². The topological polar surface area (TPSA) is 83.7 Å². The van der Waals surface area contributed by atoms with Crippen LogP contribution in [0, 0.1) is 10.1 Å². The number of nitro groups is 1. The molecule has 1 atom stereocenters. The van der Waals surface area contributed by atoms with Crippen molar-refractivity contribution in [2.75, 3.05) is 4.90 Å². The molecule has 1 unspecified atom stereocenters. The van der Waals surface area contributed by atoms with E-state index < -0.39 is 22.6 Å². The van der Waals surface area contributed by atoms with E-state index in [4.69, 9.17) is 23.2 Å². The smallest absolute Gasteiger partial charge is 0.294 e. The fourth-order valence-corrected chi connectivity index (χ4v) is 5.63. The predicted molar refractivity (Wildman–Crippen MR) is 120 cm³/mol. The number of thioether (sulfide) groups is 1. The van der Waals surface area contributed by atoms with Crippen LogP contribution in [-0.4, -0.2) is 15.9 Å². The number of hydrogen-bond acceptors (Lipinski definition) is 6. The van der Waals surface area contributed by atoms with Crippen molar-refractivity contribution >= 4 is 63.6 Å². The normalized spacial score (nSPS) is 16.4. The molecule has 0 bridgehead atoms. The Morgan fingerprint density at radius 3 is 2.50 bits per heavy atom. The zero-order valence-electron chi connectivity index (χ0n) is 15.0. The number of nitrogens with zero attached hydrogens (tertiary/aromatic N) is 2. The van der Waals surface area contributed by atoms with Gasteiger partial charge < -0.3 is 5.11 Å². The molecule has 0 fully saturated rings. The van der Waals surface area contributed by atoms with Crippen molar-refractivity contribution in [2.45, 2.75) is 10.3 Å². The molecule has 0 saturated heterocycles. The van der Waals surface area contributed by atoms with Gasteiger partial charge in [-0.2, -0.15) is 0 Å². The summed E-state index contributed by atoms with van der Waals surface area (Å²) in [6.45, 7) is 0. The average Bonchev–Trinajstić information content (AvgIpc) is 3.27. The summed E-state index contributed by atoms with van der Waals surface area (Å²) in [4.78, 5) is 25.6. The maximum atomic E-state index is 13.0. The van der Waals surface area contributed by atoms with Crippen LogP contribution in [-0.2, 0) is 4.79 Å². The van der Waals surface area contributed by atoms with Crippen LogP contribution in [0.25, 0.3) is 0 Å². The number of amides is 1. The van der Waals surface area contributed by atoms with Crippen molar-refractivity contribution in [3.8, 4) is 0 Å². The zero-order chi connectivity index (χ0) is 21.4. The Labute approximate surface area is 189 Å². The second-order valence-electron chi connectivity index (χ2n) is 6.27. The first kappa shape index (κ1) is 20.7. The number of thiophene rings is 1. The second kappa shape index (κ2) is 8.31. The van der Waals surface area contributed by atoms with Crippen LogP contribution in [0.5, 0.6) is 0 Å². The van der Waals surface area contributed by atoms with E-state index in [1.807, 2.05) is 0 Å². The van der Waals surface area contributed by atoms with Gasteiger partial charge in [-0.05, 0) is 41.3 Å². The molecule has 6 nitrogen and oxygen atoms in total. The molecule has 10 heteroatoms. The third-order valence-electron chi connectivity index (χ3n) is 4.44. The molecular weight excluding hydrogens is 467 g/mol. The van der Waals surface area contributed by atoms with Gasteiger partial charge in [0.05, 0.1) is 15.9 Å². The summed E-state index contributed by atoms with van der Waals surface area (Å²) in [5.41, 5.74) is 1.11. The van der Waals surface area contributed by atoms with Gasteiger partial charge in [-0.3, -0.25) is 19.8 Å². The minimum Gasteiger partial charge on any atom is -0.502 e. The Hall–Kier alpha value is -2.52. The van der Waals surface area contributed by atoms with Gasteiger partial charge in [0.15, 0.2) is 5.76 Å². The summed E-state index contributed by atoms with van der Waals surface area (Å²) in [6, 6.07) is 14.3. The van der Waals surface area contributed by atoms with Crippen molar-refractivity contribution in [3.05, 3.63) is 96.4 Å². The first-order valence-electron chi connectivity index (χ1n) is 8.54. The molecule has 152 valence electrons. The van der Waals surface area contributed by atoms with Gasteiger partial charge in [0.1, 0.15) is 4.21 Å². The first-order chi connectivity index (χ1) is 14.4. The van der Waals surface area contributed by atoms with Crippen molar-refractivity contribution in [1.82, 2.24) is 0 Å². The summed E-state index contributed by atoms with van der Waals surface area (Å²) in [6.07, 6.45) is 0. The molecule has 30 heavy (non-hydrogen) atoms. The molecule has 1 amide bonds. The minimum absolute atomic E-state index is 0.0752. The number of rotatable bonds is 5. The number of aliphatic hydroxyl groups is 1. The number of carbonyl (C=O) groups excluding carboxylic acids is 1. The Balaban J connectivity index is 1.84. The lowest BCUT2D eigenvalue weighted by Gasteiger charge is -2.27. The second-order valence-corrected chi connectivity index (χ2v) is 9.37. The van der Waals surface area contributed by atoms with Crippen molar-refractivity contribution < 1.29 is 14.8 Å². The van der Waals surface area contributed by atoms with Gasteiger partial charge in [-0.15, -0.1) is 11.3 Å². The number of aliphatic hydroxyl groups excluding tert-OH is 1. The number of halogens is 2. The van der Waals surface area contributed by atoms with E-state index in [0.717, 1.165) is 11.8 Å². The summed E-state index contributed by atoms with van der Waals surface area (Å²) in [7, 11) is 0. The predicted octanol–water partition coefficient (Wildman–Crippen LogP) is 6.61. The minimum atomic E-state index is -0.695. The highest BCUT2D eigenvalue weighted by atomic mass is 35.5. The standard InChI is InChI=1S/C20H12Cl2N2O4S2/c21-12-6-4-11(5-7-12)16-18(30-20-15(24(27)28)8-9-29-20)17(25)19(26)23(16)14-3-1-2-13(22)10-14/h1-10,16,25H. The van der Waals surface area contributed by atoms with Gasteiger partial charge in [0, 0.05) is 21.8 Å². The van der Waals surface area contributed by atoms with E-state index >= 15 is 0 Å². The van der Waals surface area contributed by atoms with Gasteiger partial charge in [0.25, 0.3) is 11.6 Å². The molecule has 2 heterocycles. The van der Waals surface area contributed by atoms with Gasteiger partial charge >= 0.3 is 0 Å². The SMILES string of the molecule is O=C1C(O)=C(Sc2sccc2[N+](=O)[O-])C(c2ccc(Cl)cc2)N1c1cccc(Cl)c1. The Morgan fingerprint density at radius 1 is 1.10 bits per heavy atom. The quantitative estimate of drug-likeness (QED) is 0.329. The van der Waals surface area contributed by atoms with Crippen LogP contribution >= 0.6 is 46.3 Å². The monoisotopic (exact) mass is 478 g/mol. The number of carbonyl (C=O) groups is 1. The number of anilines is 1. The molecule has 0 radical (unpaired) electrons. The van der Waals surface area contributed by atoms with E-state index in [2.05, 4.69) is 0 Å². The Morgan fingerprint density at radius 2 is 1.83 bits per heavy atom. The molecule has 3 aromatic rings. The molecule has 2 aromatic carbocycles. The number of benzene rings is 2. The van der Waals surface area contributed by atoms with E-state index in [-0.39, 0.29) is 5.69 Å². The molecule has 4 rings (SSSR count). The highest BCUT2D eigenvalue weighted by Gasteiger charge is 2.42. The van der Waals surface area contributed by atoms with E-state index in [1.165, 1.54) is 22.3 Å². The molecular formula is C20H12Cl2N2O4S2. The van der Waals surface area contributed by atoms with Gasteiger partial charge in [-0.25, -0.2) is 0 Å². The lowest BCUT2D eigenvalue weighted by atomic mass is 10.1. The Bertz CT molecular complexity index is 1180. The maximum Gasteiger partial charge on any atom is 0.294 e. The van der Waals surface area contributed by atoms with Crippen LogP contribution in [0.15, 0.2) is 74.9 Å². The fourth-order valence-electron chi connectivity index (χ4n) is 3.13.